The van der Waals surface area contributed by atoms with Crippen LogP contribution in [0.25, 0.3) is 11.3 Å². The molecular formula is C16H16N4O. The molecule has 0 saturated heterocycles. The van der Waals surface area contributed by atoms with Gasteiger partial charge in [0.05, 0.1) is 12.8 Å². The molecule has 21 heavy (non-hydrogen) atoms. The van der Waals surface area contributed by atoms with Gasteiger partial charge in [-0.25, -0.2) is 9.97 Å². The highest BCUT2D eigenvalue weighted by Gasteiger charge is 2.23. The number of hydrogen-bond acceptors (Lipinski definition) is 5. The van der Waals surface area contributed by atoms with E-state index in [0.717, 1.165) is 24.1 Å². The van der Waals surface area contributed by atoms with Gasteiger partial charge >= 0.3 is 0 Å². The molecule has 1 fully saturated rings. The Morgan fingerprint density at radius 2 is 2.14 bits per heavy atom. The molecule has 0 bridgehead atoms. The van der Waals surface area contributed by atoms with E-state index in [1.807, 2.05) is 18.2 Å². The van der Waals surface area contributed by atoms with Crippen molar-refractivity contribution in [2.75, 3.05) is 12.8 Å². The first-order chi connectivity index (χ1) is 10.2. The molecule has 2 aromatic heterocycles. The molecule has 1 saturated carbocycles. The molecule has 0 amide bonds. The van der Waals surface area contributed by atoms with Gasteiger partial charge in [0.2, 0.25) is 5.88 Å². The fraction of sp³-hybridized carbons (Fsp3) is 0.312. The van der Waals surface area contributed by atoms with Crippen LogP contribution in [0.4, 0.5) is 5.82 Å². The minimum absolute atomic E-state index is 0.279. The quantitative estimate of drug-likeness (QED) is 0.934. The number of nitrogens with zero attached hydrogens (tertiary/aromatic N) is 3. The summed E-state index contributed by atoms with van der Waals surface area (Å²) in [5, 5.41) is 9.36. The molecule has 3 rings (SSSR count). The highest BCUT2D eigenvalue weighted by molar-refractivity contribution is 5.73. The number of methoxy groups -OCH3 is 1. The Hall–Kier alpha value is -2.61. The number of hydrogen-bond donors (Lipinski definition) is 1. The van der Waals surface area contributed by atoms with Crippen molar-refractivity contribution in [3.63, 3.8) is 0 Å². The van der Waals surface area contributed by atoms with Gasteiger partial charge in [0, 0.05) is 23.2 Å². The normalized spacial score (nSPS) is 14.3. The zero-order valence-electron chi connectivity index (χ0n) is 11.8. The van der Waals surface area contributed by atoms with Crippen LogP contribution in [0.1, 0.15) is 36.4 Å². The van der Waals surface area contributed by atoms with Gasteiger partial charge in [0.1, 0.15) is 17.5 Å². The molecule has 2 N–H and O–H groups in total. The molecule has 5 heteroatoms. The molecule has 0 radical (unpaired) electrons. The lowest BCUT2D eigenvalue weighted by Gasteiger charge is -2.25. The molecule has 1 aliphatic carbocycles. The van der Waals surface area contributed by atoms with E-state index in [-0.39, 0.29) is 5.82 Å². The lowest BCUT2D eigenvalue weighted by atomic mass is 9.82. The monoisotopic (exact) mass is 280 g/mol. The minimum atomic E-state index is 0.279. The molecule has 5 nitrogen and oxygen atoms in total. The maximum Gasteiger partial charge on any atom is 0.213 e. The Labute approximate surface area is 123 Å². The maximum absolute atomic E-state index is 9.36. The standard InChI is InChI=1S/C16H16N4O/c1-21-15-7-3-6-13(19-15)11-8-14(10-4-2-5-10)20-16(18)12(11)9-17/h3,6-8,10H,2,4-5H2,1H3,(H2,18,20). The summed E-state index contributed by atoms with van der Waals surface area (Å²) < 4.78 is 5.15. The summed E-state index contributed by atoms with van der Waals surface area (Å²) in [6.45, 7) is 0. The second kappa shape index (κ2) is 5.41. The fourth-order valence-corrected chi connectivity index (χ4v) is 2.50. The van der Waals surface area contributed by atoms with Crippen molar-refractivity contribution >= 4 is 5.82 Å². The molecular weight excluding hydrogens is 264 g/mol. The van der Waals surface area contributed by atoms with Crippen LogP contribution in [0.2, 0.25) is 0 Å². The zero-order chi connectivity index (χ0) is 14.8. The van der Waals surface area contributed by atoms with Gasteiger partial charge in [0.15, 0.2) is 0 Å². The van der Waals surface area contributed by atoms with E-state index in [4.69, 9.17) is 10.5 Å². The van der Waals surface area contributed by atoms with E-state index < -0.39 is 0 Å². The first-order valence-electron chi connectivity index (χ1n) is 6.95. The van der Waals surface area contributed by atoms with Crippen LogP contribution in [0.5, 0.6) is 5.88 Å². The van der Waals surface area contributed by atoms with Gasteiger partial charge in [-0.2, -0.15) is 5.26 Å². The topological polar surface area (TPSA) is 84.8 Å². The number of ether oxygens (including phenoxy) is 1. The highest BCUT2D eigenvalue weighted by atomic mass is 16.5. The predicted molar refractivity (Wildman–Crippen MR) is 79.7 cm³/mol. The summed E-state index contributed by atoms with van der Waals surface area (Å²) in [5.41, 5.74) is 8.70. The van der Waals surface area contributed by atoms with Gasteiger partial charge in [0.25, 0.3) is 0 Å². The summed E-state index contributed by atoms with van der Waals surface area (Å²) in [6, 6.07) is 9.55. The molecule has 0 spiro atoms. The molecule has 0 aliphatic heterocycles. The molecule has 106 valence electrons. The average molecular weight is 280 g/mol. The van der Waals surface area contributed by atoms with Crippen LogP contribution in [-0.4, -0.2) is 17.1 Å². The van der Waals surface area contributed by atoms with Gasteiger partial charge in [-0.1, -0.05) is 12.5 Å². The SMILES string of the molecule is COc1cccc(-c2cc(C3CCC3)nc(N)c2C#N)n1. The molecule has 0 atom stereocenters. The third kappa shape index (κ3) is 2.40. The van der Waals surface area contributed by atoms with Crippen molar-refractivity contribution in [2.24, 2.45) is 0 Å². The Bertz CT molecular complexity index is 717. The van der Waals surface area contributed by atoms with Crippen molar-refractivity contribution in [3.8, 4) is 23.2 Å². The van der Waals surface area contributed by atoms with Crippen molar-refractivity contribution in [1.29, 1.82) is 5.26 Å². The van der Waals surface area contributed by atoms with Crippen molar-refractivity contribution in [3.05, 3.63) is 35.5 Å². The number of nitrogen functional groups attached to an aromatic ring is 1. The zero-order valence-corrected chi connectivity index (χ0v) is 11.8. The van der Waals surface area contributed by atoms with Crippen LogP contribution < -0.4 is 10.5 Å². The third-order valence-electron chi connectivity index (χ3n) is 3.91. The second-order valence-corrected chi connectivity index (χ2v) is 5.16. The lowest BCUT2D eigenvalue weighted by molar-refractivity contribution is 0.398. The fourth-order valence-electron chi connectivity index (χ4n) is 2.50. The van der Waals surface area contributed by atoms with Gasteiger partial charge in [-0.15, -0.1) is 0 Å². The maximum atomic E-state index is 9.36. The summed E-state index contributed by atoms with van der Waals surface area (Å²) >= 11 is 0. The molecule has 0 aromatic carbocycles. The van der Waals surface area contributed by atoms with E-state index in [1.165, 1.54) is 6.42 Å². The van der Waals surface area contributed by atoms with E-state index >= 15 is 0 Å². The van der Waals surface area contributed by atoms with Crippen molar-refractivity contribution in [1.82, 2.24) is 9.97 Å². The average Bonchev–Trinajstić information content (AvgIpc) is 2.45. The number of nitrogens with two attached hydrogens (primary N) is 1. The highest BCUT2D eigenvalue weighted by Crippen LogP contribution is 2.38. The predicted octanol–water partition coefficient (Wildman–Crippen LogP) is 2.87. The Morgan fingerprint density at radius 1 is 1.33 bits per heavy atom. The van der Waals surface area contributed by atoms with E-state index in [1.54, 1.807) is 13.2 Å². The first-order valence-corrected chi connectivity index (χ1v) is 6.95. The summed E-state index contributed by atoms with van der Waals surface area (Å²) in [4.78, 5) is 8.79. The number of pyridine rings is 2. The van der Waals surface area contributed by atoms with E-state index in [2.05, 4.69) is 16.0 Å². The van der Waals surface area contributed by atoms with Crippen LogP contribution in [0, 0.1) is 11.3 Å². The third-order valence-corrected chi connectivity index (χ3v) is 3.91. The minimum Gasteiger partial charge on any atom is -0.481 e. The molecule has 1 aliphatic rings. The summed E-state index contributed by atoms with van der Waals surface area (Å²) in [6.07, 6.45) is 3.48. The van der Waals surface area contributed by atoms with Crippen LogP contribution in [0.15, 0.2) is 24.3 Å². The van der Waals surface area contributed by atoms with Gasteiger partial charge in [-0.3, -0.25) is 0 Å². The van der Waals surface area contributed by atoms with Crippen LogP contribution >= 0.6 is 0 Å². The van der Waals surface area contributed by atoms with Gasteiger partial charge in [-0.05, 0) is 25.0 Å². The smallest absolute Gasteiger partial charge is 0.213 e. The van der Waals surface area contributed by atoms with Gasteiger partial charge < -0.3 is 10.5 Å². The second-order valence-electron chi connectivity index (χ2n) is 5.16. The molecule has 2 aromatic rings. The summed E-state index contributed by atoms with van der Waals surface area (Å²) in [7, 11) is 1.57. The molecule has 2 heterocycles. The number of rotatable bonds is 3. The number of nitriles is 1. The van der Waals surface area contributed by atoms with Crippen LogP contribution in [-0.2, 0) is 0 Å². The van der Waals surface area contributed by atoms with E-state index in [0.29, 0.717) is 23.1 Å². The number of anilines is 1. The largest absolute Gasteiger partial charge is 0.481 e. The summed E-state index contributed by atoms with van der Waals surface area (Å²) in [5.74, 6) is 1.24. The Balaban J connectivity index is 2.14. The van der Waals surface area contributed by atoms with Crippen molar-refractivity contribution < 1.29 is 4.74 Å². The Kier molecular flexibility index (Phi) is 3.44. The van der Waals surface area contributed by atoms with Crippen LogP contribution in [0.3, 0.4) is 0 Å². The number of aromatic nitrogens is 2. The molecule has 0 unspecified atom stereocenters. The first kappa shape index (κ1) is 13.4. The Morgan fingerprint density at radius 3 is 2.76 bits per heavy atom. The van der Waals surface area contributed by atoms with Crippen molar-refractivity contribution in [2.45, 2.75) is 25.2 Å². The van der Waals surface area contributed by atoms with E-state index in [9.17, 15) is 5.26 Å². The lowest BCUT2D eigenvalue weighted by Crippen LogP contribution is -2.13.